The molecule has 0 aromatic heterocycles. The van der Waals surface area contributed by atoms with Crippen LogP contribution >= 0.6 is 11.8 Å². The molecule has 0 bridgehead atoms. The van der Waals surface area contributed by atoms with Crippen LogP contribution in [0.4, 0.5) is 10.5 Å². The molecule has 4 atom stereocenters. The summed E-state index contributed by atoms with van der Waals surface area (Å²) >= 11 is 1.46. The number of anilines is 1. The lowest BCUT2D eigenvalue weighted by molar-refractivity contribution is -0.129. The average molecular weight is 625 g/mol. The highest BCUT2D eigenvalue weighted by atomic mass is 32.2. The number of nitrogens with one attached hydrogen (secondary N) is 3. The predicted molar refractivity (Wildman–Crippen MR) is 171 cm³/mol. The number of carbonyl (C=O) groups is 3. The zero-order chi connectivity index (χ0) is 31.1. The topological polar surface area (TPSA) is 127 Å². The van der Waals surface area contributed by atoms with Crippen LogP contribution in [0.2, 0.25) is 0 Å². The molecule has 1 saturated carbocycles. The van der Waals surface area contributed by atoms with Crippen molar-refractivity contribution < 1.29 is 19.1 Å². The van der Waals surface area contributed by atoms with Crippen LogP contribution in [0.5, 0.6) is 11.5 Å². The van der Waals surface area contributed by atoms with E-state index >= 15 is 0 Å². The number of likely N-dealkylation sites (tertiary alicyclic amines) is 1. The lowest BCUT2D eigenvalue weighted by Crippen LogP contribution is -2.62. The molecule has 0 radical (unpaired) electrons. The summed E-state index contributed by atoms with van der Waals surface area (Å²) in [6.07, 6.45) is 6.06. The van der Waals surface area contributed by atoms with Crippen LogP contribution in [0.1, 0.15) is 37.7 Å². The van der Waals surface area contributed by atoms with Crippen molar-refractivity contribution in [3.8, 4) is 17.6 Å². The van der Waals surface area contributed by atoms with Gasteiger partial charge in [-0.3, -0.25) is 14.5 Å². The summed E-state index contributed by atoms with van der Waals surface area (Å²) in [6, 6.07) is 16.8. The number of nitrogens with zero attached hydrogens (tertiary/aromatic N) is 3. The molecule has 4 amide bonds. The summed E-state index contributed by atoms with van der Waals surface area (Å²) in [5.41, 5.74) is 2.61. The summed E-state index contributed by atoms with van der Waals surface area (Å²) in [6.45, 7) is 3.63. The van der Waals surface area contributed by atoms with Crippen LogP contribution in [0.3, 0.4) is 0 Å². The first-order chi connectivity index (χ1) is 21.9. The van der Waals surface area contributed by atoms with E-state index < -0.39 is 0 Å². The molecule has 1 aliphatic carbocycles. The lowest BCUT2D eigenvalue weighted by atomic mass is 9.86. The third-order valence-corrected chi connectivity index (χ3v) is 10.5. The van der Waals surface area contributed by atoms with Crippen molar-refractivity contribution in [2.45, 2.75) is 56.5 Å². The quantitative estimate of drug-likeness (QED) is 0.305. The third-order valence-electron chi connectivity index (χ3n) is 9.19. The standard InChI is InChI=1S/C34H36N6O4S/c1-20-9-12-25(44-24-7-3-2-4-8-24)17-27(20)40-26-13-14-36-32-28(26)29(38-34(40)43)30(45-32)31(41)37-23-6-5-15-39(19-23)33(42)22(18-35)16-21-10-11-21/h2-4,7-9,12,16-17,21,23,26,28,32,36H,5-6,10-11,13-15,19H2,1H3,(H,37,41)(H,38,43)/b22-16+/t23-,26?,28?,32?/m0/s1. The van der Waals surface area contributed by atoms with E-state index in [1.54, 1.807) is 11.0 Å². The number of piperidine rings is 2. The molecule has 3 N–H and O–H groups in total. The second kappa shape index (κ2) is 12.3. The Hall–Kier alpha value is -4.27. The van der Waals surface area contributed by atoms with Crippen molar-refractivity contribution in [1.29, 1.82) is 5.26 Å². The minimum atomic E-state index is -0.263. The van der Waals surface area contributed by atoms with E-state index in [4.69, 9.17) is 4.74 Å². The number of ether oxygens (including phenoxy) is 1. The highest BCUT2D eigenvalue weighted by Crippen LogP contribution is 2.48. The van der Waals surface area contributed by atoms with Gasteiger partial charge in [-0.1, -0.05) is 42.1 Å². The molecule has 11 heteroatoms. The summed E-state index contributed by atoms with van der Waals surface area (Å²) in [7, 11) is 0. The number of thioether (sulfide) groups is 1. The molecule has 232 valence electrons. The number of rotatable bonds is 7. The van der Waals surface area contributed by atoms with Gasteiger partial charge in [-0.2, -0.15) is 5.26 Å². The molecule has 4 fully saturated rings. The Morgan fingerprint density at radius 2 is 1.93 bits per heavy atom. The number of benzene rings is 2. The van der Waals surface area contributed by atoms with Gasteiger partial charge in [-0.15, -0.1) is 0 Å². The Balaban J connectivity index is 1.09. The first-order valence-electron chi connectivity index (χ1n) is 15.7. The van der Waals surface area contributed by atoms with Gasteiger partial charge in [0.15, 0.2) is 0 Å². The summed E-state index contributed by atoms with van der Waals surface area (Å²) < 4.78 is 6.09. The number of nitriles is 1. The molecule has 7 rings (SSSR count). The van der Waals surface area contributed by atoms with Crippen molar-refractivity contribution in [3.63, 3.8) is 0 Å². The third kappa shape index (κ3) is 5.92. The van der Waals surface area contributed by atoms with E-state index in [1.807, 2.05) is 60.4 Å². The molecule has 0 spiro atoms. The predicted octanol–water partition coefficient (Wildman–Crippen LogP) is 4.55. The van der Waals surface area contributed by atoms with E-state index in [9.17, 15) is 19.6 Å². The number of amides is 4. The average Bonchev–Trinajstić information content (AvgIpc) is 3.80. The van der Waals surface area contributed by atoms with Gasteiger partial charge in [-0.05, 0) is 75.3 Å². The first kappa shape index (κ1) is 29.4. The molecule has 5 aliphatic rings. The van der Waals surface area contributed by atoms with Gasteiger partial charge in [0.25, 0.3) is 11.8 Å². The summed E-state index contributed by atoms with van der Waals surface area (Å²) in [4.78, 5) is 44.6. The number of para-hydroxylation sites is 1. The van der Waals surface area contributed by atoms with Gasteiger partial charge in [-0.25, -0.2) is 4.79 Å². The Morgan fingerprint density at radius 3 is 2.71 bits per heavy atom. The summed E-state index contributed by atoms with van der Waals surface area (Å²) in [5, 5.41) is 19.3. The maximum atomic E-state index is 13.8. The van der Waals surface area contributed by atoms with E-state index in [-0.39, 0.29) is 46.8 Å². The number of hydrogen-bond donors (Lipinski definition) is 3. The zero-order valence-corrected chi connectivity index (χ0v) is 25.9. The number of allylic oxidation sites excluding steroid dienone is 1. The molecule has 2 aromatic carbocycles. The Kier molecular flexibility index (Phi) is 8.02. The number of carbonyl (C=O) groups excluding carboxylic acids is 3. The Bertz CT molecular complexity index is 1630. The highest BCUT2D eigenvalue weighted by molar-refractivity contribution is 8.04. The second-order valence-corrected chi connectivity index (χ2v) is 13.5. The molecular weight excluding hydrogens is 588 g/mol. The Labute approximate surface area is 266 Å². The van der Waals surface area contributed by atoms with Crippen LogP contribution in [0.15, 0.2) is 70.8 Å². The largest absolute Gasteiger partial charge is 0.457 e. The van der Waals surface area contributed by atoms with Gasteiger partial charge in [0, 0.05) is 36.8 Å². The fourth-order valence-electron chi connectivity index (χ4n) is 6.79. The first-order valence-corrected chi connectivity index (χ1v) is 16.6. The van der Waals surface area contributed by atoms with Gasteiger partial charge in [0.05, 0.1) is 22.0 Å². The second-order valence-electron chi connectivity index (χ2n) is 12.4. The smallest absolute Gasteiger partial charge is 0.326 e. The van der Waals surface area contributed by atoms with Crippen molar-refractivity contribution in [1.82, 2.24) is 20.9 Å². The fraction of sp³-hybridized carbons (Fsp3) is 0.412. The van der Waals surface area contributed by atoms with Crippen LogP contribution in [0.25, 0.3) is 0 Å². The monoisotopic (exact) mass is 624 g/mol. The molecule has 2 aromatic rings. The van der Waals surface area contributed by atoms with Gasteiger partial charge in [0.2, 0.25) is 0 Å². The van der Waals surface area contributed by atoms with E-state index in [0.717, 1.165) is 55.6 Å². The number of aryl methyl sites for hydroxylation is 1. The molecule has 10 nitrogen and oxygen atoms in total. The van der Waals surface area contributed by atoms with Crippen LogP contribution in [-0.4, -0.2) is 59.8 Å². The number of hydrogen-bond acceptors (Lipinski definition) is 7. The van der Waals surface area contributed by atoms with Crippen molar-refractivity contribution >= 4 is 35.3 Å². The fourth-order valence-corrected chi connectivity index (χ4v) is 8.19. The van der Waals surface area contributed by atoms with Crippen LogP contribution in [-0.2, 0) is 9.59 Å². The molecule has 3 saturated heterocycles. The maximum Gasteiger partial charge on any atom is 0.326 e. The van der Waals surface area contributed by atoms with Crippen molar-refractivity contribution in [2.24, 2.45) is 11.8 Å². The molecule has 45 heavy (non-hydrogen) atoms. The molecule has 4 aliphatic heterocycles. The maximum absolute atomic E-state index is 13.8. The van der Waals surface area contributed by atoms with Crippen LogP contribution < -0.4 is 25.6 Å². The van der Waals surface area contributed by atoms with Gasteiger partial charge >= 0.3 is 6.03 Å². The number of urea groups is 1. The summed E-state index contributed by atoms with van der Waals surface area (Å²) in [5.74, 6) is 1.11. The van der Waals surface area contributed by atoms with Crippen molar-refractivity contribution in [2.75, 3.05) is 24.5 Å². The van der Waals surface area contributed by atoms with E-state index in [2.05, 4.69) is 22.0 Å². The molecular formula is C34H36N6O4S. The molecule has 3 unspecified atom stereocenters. The minimum absolute atomic E-state index is 0.0539. The minimum Gasteiger partial charge on any atom is -0.457 e. The van der Waals surface area contributed by atoms with E-state index in [0.29, 0.717) is 35.4 Å². The van der Waals surface area contributed by atoms with Gasteiger partial charge < -0.3 is 25.6 Å². The van der Waals surface area contributed by atoms with E-state index in [1.165, 1.54) is 11.8 Å². The normalized spacial score (nSPS) is 26.1. The van der Waals surface area contributed by atoms with Crippen molar-refractivity contribution in [3.05, 3.63) is 76.3 Å². The Morgan fingerprint density at radius 1 is 1.11 bits per heavy atom. The van der Waals surface area contributed by atoms with Crippen LogP contribution in [0, 0.1) is 30.1 Å². The van der Waals surface area contributed by atoms with Gasteiger partial charge in [0.1, 0.15) is 23.1 Å². The SMILES string of the molecule is Cc1ccc(Oc2ccccc2)cc1N1C(=O)NC2=C(C(=O)N[C@H]3CCCN(C(=O)/C(C#N)=C/C4CC4)C3)SC3NCCC1C23. The molecule has 4 heterocycles. The lowest BCUT2D eigenvalue weighted by Gasteiger charge is -2.46. The highest BCUT2D eigenvalue weighted by Gasteiger charge is 2.52. The zero-order valence-electron chi connectivity index (χ0n) is 25.1.